The highest BCUT2D eigenvalue weighted by atomic mass is 32.2. The minimum Gasteiger partial charge on any atom is -0.368 e. The zero-order chi connectivity index (χ0) is 22.3. The van der Waals surface area contributed by atoms with E-state index in [-0.39, 0.29) is 34.5 Å². The third-order valence-electron chi connectivity index (χ3n) is 5.94. The van der Waals surface area contributed by atoms with E-state index >= 15 is 0 Å². The maximum atomic E-state index is 13.2. The first kappa shape index (κ1) is 21.3. The molecule has 0 saturated carbocycles. The number of anilines is 2. The van der Waals surface area contributed by atoms with Gasteiger partial charge in [0.25, 0.3) is 5.91 Å². The van der Waals surface area contributed by atoms with Crippen molar-refractivity contribution in [1.29, 1.82) is 0 Å². The molecule has 168 valence electrons. The second-order valence-electron chi connectivity index (χ2n) is 8.20. The number of nitrogens with zero attached hydrogens (tertiary/aromatic N) is 3. The zero-order valence-electron chi connectivity index (χ0n) is 17.3. The van der Waals surface area contributed by atoms with Gasteiger partial charge in [-0.15, -0.1) is 0 Å². The number of piperazine rings is 1. The van der Waals surface area contributed by atoms with Crippen molar-refractivity contribution in [1.82, 2.24) is 4.90 Å². The molecule has 3 aliphatic heterocycles. The fourth-order valence-electron chi connectivity index (χ4n) is 4.27. The van der Waals surface area contributed by atoms with Crippen molar-refractivity contribution in [3.8, 4) is 0 Å². The van der Waals surface area contributed by atoms with Crippen molar-refractivity contribution in [2.75, 3.05) is 47.9 Å². The Morgan fingerprint density at radius 3 is 2.53 bits per heavy atom. The molecular weight excluding hydrogens is 451 g/mol. The van der Waals surface area contributed by atoms with Gasteiger partial charge in [-0.2, -0.15) is 0 Å². The summed E-state index contributed by atoms with van der Waals surface area (Å²) < 4.78 is 36.6. The highest BCUT2D eigenvalue weighted by Gasteiger charge is 2.42. The summed E-state index contributed by atoms with van der Waals surface area (Å²) in [6.45, 7) is 2.56. The van der Waals surface area contributed by atoms with Gasteiger partial charge in [0.2, 0.25) is 0 Å². The molecule has 5 rings (SSSR count). The van der Waals surface area contributed by atoms with Crippen LogP contribution in [0.15, 0.2) is 53.5 Å². The van der Waals surface area contributed by atoms with Crippen molar-refractivity contribution in [3.05, 3.63) is 59.9 Å². The summed E-state index contributed by atoms with van der Waals surface area (Å²) >= 11 is 1.46. The number of amides is 1. The monoisotopic (exact) mass is 474 g/mol. The summed E-state index contributed by atoms with van der Waals surface area (Å²) in [6, 6.07) is 13.5. The third kappa shape index (κ3) is 4.47. The van der Waals surface area contributed by atoms with Gasteiger partial charge >= 0.3 is 0 Å². The standard InChI is InChI=1S/C22H23FN4O3S2/c23-16-4-6-18(7-5-16)26-8-10-27(11-9-26)21(28)15-2-1-3-17(12-15)24-22-25-19-13-32(29,30)14-20(19)31-22/h1-7,12,19-20H,8-11,13-14H2,(H,24,25). The van der Waals surface area contributed by atoms with E-state index in [0.29, 0.717) is 36.9 Å². The number of benzene rings is 2. The molecule has 7 nitrogen and oxygen atoms in total. The lowest BCUT2D eigenvalue weighted by atomic mass is 10.1. The SMILES string of the molecule is O=C(c1cccc(NC2=NC3CS(=O)(=O)CC3S2)c1)N1CCN(c2ccc(F)cc2)CC1. The Balaban J connectivity index is 1.20. The van der Waals surface area contributed by atoms with Gasteiger partial charge in [0.05, 0.1) is 17.5 Å². The minimum atomic E-state index is -2.98. The molecule has 0 radical (unpaired) electrons. The summed E-state index contributed by atoms with van der Waals surface area (Å²) in [6.07, 6.45) is 0. The first-order valence-electron chi connectivity index (χ1n) is 10.5. The fraction of sp³-hybridized carbons (Fsp3) is 0.364. The van der Waals surface area contributed by atoms with Crippen molar-refractivity contribution in [3.63, 3.8) is 0 Å². The molecule has 1 amide bonds. The van der Waals surface area contributed by atoms with E-state index < -0.39 is 9.84 Å². The second-order valence-corrected chi connectivity index (χ2v) is 11.6. The van der Waals surface area contributed by atoms with Crippen molar-refractivity contribution < 1.29 is 17.6 Å². The van der Waals surface area contributed by atoms with Gasteiger partial charge in [-0.25, -0.2) is 12.8 Å². The van der Waals surface area contributed by atoms with E-state index in [0.717, 1.165) is 11.4 Å². The molecule has 0 spiro atoms. The Morgan fingerprint density at radius 1 is 1.06 bits per heavy atom. The molecule has 2 fully saturated rings. The Bertz CT molecular complexity index is 1160. The lowest BCUT2D eigenvalue weighted by molar-refractivity contribution is 0.0747. The highest BCUT2D eigenvalue weighted by Crippen LogP contribution is 2.34. The van der Waals surface area contributed by atoms with Crippen LogP contribution >= 0.6 is 11.8 Å². The Morgan fingerprint density at radius 2 is 1.81 bits per heavy atom. The maximum absolute atomic E-state index is 13.2. The van der Waals surface area contributed by atoms with Gasteiger partial charge in [0, 0.05) is 48.4 Å². The average molecular weight is 475 g/mol. The van der Waals surface area contributed by atoms with Crippen molar-refractivity contribution in [2.45, 2.75) is 11.3 Å². The number of aliphatic imine (C=N–C) groups is 1. The Labute approximate surface area is 190 Å². The number of hydrogen-bond acceptors (Lipinski definition) is 7. The number of hydrogen-bond donors (Lipinski definition) is 1. The van der Waals surface area contributed by atoms with Crippen LogP contribution in [0.2, 0.25) is 0 Å². The second kappa shape index (κ2) is 8.40. The van der Waals surface area contributed by atoms with E-state index in [1.165, 1.54) is 23.9 Å². The number of sulfone groups is 1. The molecule has 3 aliphatic rings. The van der Waals surface area contributed by atoms with E-state index in [9.17, 15) is 17.6 Å². The lowest BCUT2D eigenvalue weighted by Crippen LogP contribution is -2.48. The number of carbonyl (C=O) groups is 1. The molecule has 2 saturated heterocycles. The van der Waals surface area contributed by atoms with Crippen LogP contribution in [0.4, 0.5) is 15.8 Å². The van der Waals surface area contributed by atoms with Crippen LogP contribution in [0, 0.1) is 5.82 Å². The fourth-order valence-corrected chi connectivity index (χ4v) is 7.95. The predicted molar refractivity (Wildman–Crippen MR) is 126 cm³/mol. The first-order chi connectivity index (χ1) is 15.4. The molecule has 2 aromatic rings. The topological polar surface area (TPSA) is 82.1 Å². The minimum absolute atomic E-state index is 0.0234. The third-order valence-corrected chi connectivity index (χ3v) is 9.08. The quantitative estimate of drug-likeness (QED) is 0.736. The normalized spacial score (nSPS) is 24.2. The summed E-state index contributed by atoms with van der Waals surface area (Å²) in [5, 5.41) is 3.91. The molecule has 2 atom stereocenters. The first-order valence-corrected chi connectivity index (χ1v) is 13.2. The summed E-state index contributed by atoms with van der Waals surface area (Å²) in [5.74, 6) is -0.0137. The van der Waals surface area contributed by atoms with Crippen molar-refractivity contribution >= 4 is 44.0 Å². The number of fused-ring (bicyclic) bond motifs is 1. The molecule has 32 heavy (non-hydrogen) atoms. The summed E-state index contributed by atoms with van der Waals surface area (Å²) in [5.41, 5.74) is 2.31. The lowest BCUT2D eigenvalue weighted by Gasteiger charge is -2.36. The molecule has 2 unspecified atom stereocenters. The van der Waals surface area contributed by atoms with Gasteiger partial charge in [0.1, 0.15) is 5.82 Å². The van der Waals surface area contributed by atoms with E-state index in [1.807, 2.05) is 23.1 Å². The van der Waals surface area contributed by atoms with Crippen LogP contribution in [-0.4, -0.2) is 73.4 Å². The summed E-state index contributed by atoms with van der Waals surface area (Å²) in [4.78, 5) is 21.5. The van der Waals surface area contributed by atoms with Crippen LogP contribution in [0.25, 0.3) is 0 Å². The molecule has 0 aromatic heterocycles. The molecule has 0 aliphatic carbocycles. The van der Waals surface area contributed by atoms with Gasteiger partial charge in [-0.3, -0.25) is 9.79 Å². The van der Waals surface area contributed by atoms with Gasteiger partial charge < -0.3 is 15.1 Å². The number of rotatable bonds is 3. The van der Waals surface area contributed by atoms with Gasteiger partial charge in [-0.05, 0) is 42.5 Å². The molecule has 1 N–H and O–H groups in total. The number of amidine groups is 1. The van der Waals surface area contributed by atoms with E-state index in [4.69, 9.17) is 0 Å². The molecule has 0 bridgehead atoms. The number of halogens is 1. The molecule has 3 heterocycles. The maximum Gasteiger partial charge on any atom is 0.254 e. The van der Waals surface area contributed by atoms with Gasteiger partial charge in [0.15, 0.2) is 15.0 Å². The highest BCUT2D eigenvalue weighted by molar-refractivity contribution is 8.15. The van der Waals surface area contributed by atoms with Crippen LogP contribution in [-0.2, 0) is 9.84 Å². The van der Waals surface area contributed by atoms with Crippen LogP contribution < -0.4 is 10.2 Å². The van der Waals surface area contributed by atoms with Crippen LogP contribution in [0.3, 0.4) is 0 Å². The molecular formula is C22H23FN4O3S2. The van der Waals surface area contributed by atoms with E-state index in [2.05, 4.69) is 15.2 Å². The van der Waals surface area contributed by atoms with Crippen LogP contribution in [0.5, 0.6) is 0 Å². The number of nitrogens with one attached hydrogen (secondary N) is 1. The predicted octanol–water partition coefficient (Wildman–Crippen LogP) is 2.47. The van der Waals surface area contributed by atoms with E-state index in [1.54, 1.807) is 18.2 Å². The van der Waals surface area contributed by atoms with Gasteiger partial charge in [-0.1, -0.05) is 17.8 Å². The smallest absolute Gasteiger partial charge is 0.254 e. The average Bonchev–Trinajstić information content (AvgIpc) is 3.26. The Hall–Kier alpha value is -2.59. The van der Waals surface area contributed by atoms with Crippen molar-refractivity contribution in [2.24, 2.45) is 4.99 Å². The molecule has 2 aromatic carbocycles. The zero-order valence-corrected chi connectivity index (χ0v) is 18.9. The Kier molecular flexibility index (Phi) is 5.58. The molecule has 10 heteroatoms. The largest absolute Gasteiger partial charge is 0.368 e. The van der Waals surface area contributed by atoms with Crippen LogP contribution in [0.1, 0.15) is 10.4 Å². The number of carbonyl (C=O) groups excluding carboxylic acids is 1. The summed E-state index contributed by atoms with van der Waals surface area (Å²) in [7, 11) is -2.98. The number of thioether (sulfide) groups is 1.